The molecule has 0 spiro atoms. The summed E-state index contributed by atoms with van der Waals surface area (Å²) in [5, 5.41) is 1.79. The SMILES string of the molecule is O=C(OCc1cc[nH]c(=O)c1)C1SCCc2sccc21. The monoisotopic (exact) mass is 307 g/mol. The van der Waals surface area contributed by atoms with E-state index in [0.29, 0.717) is 5.56 Å². The Morgan fingerprint density at radius 1 is 1.45 bits per heavy atom. The van der Waals surface area contributed by atoms with E-state index >= 15 is 0 Å². The maximum atomic E-state index is 12.2. The molecule has 6 heteroatoms. The summed E-state index contributed by atoms with van der Waals surface area (Å²) < 4.78 is 5.34. The van der Waals surface area contributed by atoms with Crippen LogP contribution in [0.4, 0.5) is 0 Å². The molecule has 3 heterocycles. The van der Waals surface area contributed by atoms with E-state index in [2.05, 4.69) is 4.98 Å². The number of carbonyl (C=O) groups is 1. The normalized spacial score (nSPS) is 17.5. The van der Waals surface area contributed by atoms with Crippen LogP contribution >= 0.6 is 23.1 Å². The second kappa shape index (κ2) is 5.85. The van der Waals surface area contributed by atoms with Crippen LogP contribution in [0, 0.1) is 0 Å². The summed E-state index contributed by atoms with van der Waals surface area (Å²) in [5.41, 5.74) is 1.60. The van der Waals surface area contributed by atoms with E-state index in [-0.39, 0.29) is 23.4 Å². The Bertz CT molecular complexity index is 677. The topological polar surface area (TPSA) is 59.2 Å². The Balaban J connectivity index is 1.68. The number of aromatic amines is 1. The summed E-state index contributed by atoms with van der Waals surface area (Å²) in [6.45, 7) is 0.138. The molecule has 20 heavy (non-hydrogen) atoms. The van der Waals surface area contributed by atoms with Crippen LogP contribution < -0.4 is 5.56 Å². The number of rotatable bonds is 3. The molecule has 0 aliphatic carbocycles. The predicted octanol–water partition coefficient (Wildman–Crippen LogP) is 2.51. The zero-order valence-electron chi connectivity index (χ0n) is 10.6. The number of thiophene rings is 1. The lowest BCUT2D eigenvalue weighted by molar-refractivity contribution is -0.144. The molecule has 1 aliphatic heterocycles. The van der Waals surface area contributed by atoms with Crippen LogP contribution in [0.2, 0.25) is 0 Å². The van der Waals surface area contributed by atoms with E-state index in [1.807, 2.05) is 11.4 Å². The molecule has 0 aromatic carbocycles. The third-order valence-corrected chi connectivity index (χ3v) is 5.33. The first-order valence-corrected chi connectivity index (χ1v) is 8.19. The summed E-state index contributed by atoms with van der Waals surface area (Å²) >= 11 is 3.32. The number of carbonyl (C=O) groups excluding carboxylic acids is 1. The lowest BCUT2D eigenvalue weighted by Gasteiger charge is -2.20. The van der Waals surface area contributed by atoms with Gasteiger partial charge < -0.3 is 9.72 Å². The van der Waals surface area contributed by atoms with Crippen molar-refractivity contribution in [3.8, 4) is 0 Å². The molecule has 104 valence electrons. The van der Waals surface area contributed by atoms with Gasteiger partial charge in [0.2, 0.25) is 5.56 Å². The highest BCUT2D eigenvalue weighted by molar-refractivity contribution is 8.00. The largest absolute Gasteiger partial charge is 0.460 e. The molecule has 1 aliphatic rings. The van der Waals surface area contributed by atoms with E-state index in [9.17, 15) is 9.59 Å². The Morgan fingerprint density at radius 2 is 2.35 bits per heavy atom. The van der Waals surface area contributed by atoms with Gasteiger partial charge in [-0.1, -0.05) is 0 Å². The van der Waals surface area contributed by atoms with Crippen molar-refractivity contribution in [2.75, 3.05) is 5.75 Å². The fourth-order valence-electron chi connectivity index (χ4n) is 2.15. The minimum absolute atomic E-state index is 0.138. The van der Waals surface area contributed by atoms with Crippen LogP contribution in [-0.4, -0.2) is 16.7 Å². The first-order chi connectivity index (χ1) is 9.74. The Labute approximate surface area is 124 Å². The molecule has 1 atom stereocenters. The lowest BCUT2D eigenvalue weighted by Crippen LogP contribution is -2.18. The van der Waals surface area contributed by atoms with Crippen molar-refractivity contribution in [1.29, 1.82) is 0 Å². The second-order valence-electron chi connectivity index (χ2n) is 4.47. The highest BCUT2D eigenvalue weighted by Crippen LogP contribution is 2.40. The molecular weight excluding hydrogens is 294 g/mol. The van der Waals surface area contributed by atoms with Crippen LogP contribution in [0.25, 0.3) is 0 Å². The summed E-state index contributed by atoms with van der Waals surface area (Å²) in [7, 11) is 0. The third-order valence-electron chi connectivity index (χ3n) is 3.11. The van der Waals surface area contributed by atoms with Gasteiger partial charge in [-0.15, -0.1) is 23.1 Å². The van der Waals surface area contributed by atoms with Crippen LogP contribution in [-0.2, 0) is 22.6 Å². The van der Waals surface area contributed by atoms with Crippen molar-refractivity contribution in [3.05, 3.63) is 56.1 Å². The minimum Gasteiger partial charge on any atom is -0.460 e. The smallest absolute Gasteiger partial charge is 0.323 e. The molecule has 2 aromatic rings. The number of nitrogens with one attached hydrogen (secondary N) is 1. The molecule has 1 N–H and O–H groups in total. The van der Waals surface area contributed by atoms with Crippen LogP contribution in [0.3, 0.4) is 0 Å². The maximum absolute atomic E-state index is 12.2. The van der Waals surface area contributed by atoms with Crippen molar-refractivity contribution in [3.63, 3.8) is 0 Å². The molecular formula is C14H13NO3S2. The fraction of sp³-hybridized carbons (Fsp3) is 0.286. The molecule has 0 bridgehead atoms. The molecule has 0 amide bonds. The molecule has 0 radical (unpaired) electrons. The first kappa shape index (κ1) is 13.5. The van der Waals surface area contributed by atoms with E-state index < -0.39 is 0 Å². The van der Waals surface area contributed by atoms with Crippen LogP contribution in [0.15, 0.2) is 34.6 Å². The van der Waals surface area contributed by atoms with Gasteiger partial charge in [-0.2, -0.15) is 0 Å². The van der Waals surface area contributed by atoms with E-state index in [0.717, 1.165) is 17.7 Å². The zero-order chi connectivity index (χ0) is 13.9. The van der Waals surface area contributed by atoms with E-state index in [4.69, 9.17) is 4.74 Å². The fourth-order valence-corrected chi connectivity index (χ4v) is 4.44. The quantitative estimate of drug-likeness (QED) is 0.885. The number of aromatic nitrogens is 1. The molecule has 2 aromatic heterocycles. The second-order valence-corrected chi connectivity index (χ2v) is 6.68. The van der Waals surface area contributed by atoms with E-state index in [1.165, 1.54) is 10.9 Å². The number of hydrogen-bond donors (Lipinski definition) is 1. The van der Waals surface area contributed by atoms with Crippen molar-refractivity contribution in [1.82, 2.24) is 4.98 Å². The number of hydrogen-bond acceptors (Lipinski definition) is 5. The average Bonchev–Trinajstić information content (AvgIpc) is 2.93. The molecule has 3 rings (SSSR count). The van der Waals surface area contributed by atoms with Gasteiger partial charge in [0.05, 0.1) is 0 Å². The summed E-state index contributed by atoms with van der Waals surface area (Å²) in [6, 6.07) is 5.18. The van der Waals surface area contributed by atoms with Crippen LogP contribution in [0.5, 0.6) is 0 Å². The summed E-state index contributed by atoms with van der Waals surface area (Å²) in [5.74, 6) is 0.716. The lowest BCUT2D eigenvalue weighted by atomic mass is 10.1. The van der Waals surface area contributed by atoms with Crippen molar-refractivity contribution in [2.24, 2.45) is 0 Å². The number of esters is 1. The van der Waals surface area contributed by atoms with Gasteiger partial charge in [0.15, 0.2) is 0 Å². The standard InChI is InChI=1S/C14H13NO3S2/c16-12-7-9(1-4-15-12)8-18-14(17)13-10-2-5-19-11(10)3-6-20-13/h1-2,4-5,7,13H,3,6,8H2,(H,15,16). The van der Waals surface area contributed by atoms with E-state index in [1.54, 1.807) is 35.4 Å². The van der Waals surface area contributed by atoms with Crippen LogP contribution in [0.1, 0.15) is 21.3 Å². The van der Waals surface area contributed by atoms with Crippen molar-refractivity contribution < 1.29 is 9.53 Å². The van der Waals surface area contributed by atoms with Crippen molar-refractivity contribution >= 4 is 29.1 Å². The average molecular weight is 307 g/mol. The Morgan fingerprint density at radius 3 is 3.20 bits per heavy atom. The van der Waals surface area contributed by atoms with Crippen molar-refractivity contribution in [2.45, 2.75) is 18.3 Å². The zero-order valence-corrected chi connectivity index (χ0v) is 12.3. The Kier molecular flexibility index (Phi) is 3.93. The Hall–Kier alpha value is -1.53. The third kappa shape index (κ3) is 2.81. The minimum atomic E-state index is -0.230. The number of fused-ring (bicyclic) bond motifs is 1. The van der Waals surface area contributed by atoms with Gasteiger partial charge in [-0.3, -0.25) is 9.59 Å². The molecule has 0 fully saturated rings. The predicted molar refractivity (Wildman–Crippen MR) is 80.1 cm³/mol. The van der Waals surface area contributed by atoms with Gasteiger partial charge in [0.25, 0.3) is 0 Å². The van der Waals surface area contributed by atoms with Gasteiger partial charge in [-0.25, -0.2) is 0 Å². The number of pyridine rings is 1. The molecule has 4 nitrogen and oxygen atoms in total. The number of ether oxygens (including phenoxy) is 1. The van der Waals surface area contributed by atoms with Gasteiger partial charge in [0, 0.05) is 17.1 Å². The highest BCUT2D eigenvalue weighted by atomic mass is 32.2. The molecule has 0 saturated carbocycles. The number of H-pyrrole nitrogens is 1. The maximum Gasteiger partial charge on any atom is 0.323 e. The summed E-state index contributed by atoms with van der Waals surface area (Å²) in [4.78, 5) is 27.2. The summed E-state index contributed by atoms with van der Waals surface area (Å²) in [6.07, 6.45) is 2.58. The van der Waals surface area contributed by atoms with Gasteiger partial charge in [0.1, 0.15) is 11.9 Å². The molecule has 0 saturated heterocycles. The molecule has 1 unspecified atom stereocenters. The van der Waals surface area contributed by atoms with Gasteiger partial charge >= 0.3 is 5.97 Å². The number of aryl methyl sites for hydroxylation is 1. The first-order valence-electron chi connectivity index (χ1n) is 6.26. The highest BCUT2D eigenvalue weighted by Gasteiger charge is 2.29. The van der Waals surface area contributed by atoms with Gasteiger partial charge in [-0.05, 0) is 40.8 Å². The number of thioether (sulfide) groups is 1.